The van der Waals surface area contributed by atoms with Crippen LogP contribution in [0.3, 0.4) is 0 Å². The molecule has 0 aliphatic heterocycles. The Morgan fingerprint density at radius 1 is 1.13 bits per heavy atom. The molecule has 1 aliphatic carbocycles. The largest absolute Gasteiger partial charge is 0.494 e. The lowest BCUT2D eigenvalue weighted by Gasteiger charge is -2.18. The lowest BCUT2D eigenvalue weighted by atomic mass is 9.89. The fourth-order valence-electron chi connectivity index (χ4n) is 3.34. The smallest absolute Gasteiger partial charge is 0.271 e. The highest BCUT2D eigenvalue weighted by molar-refractivity contribution is 7.92. The summed E-state index contributed by atoms with van der Waals surface area (Å²) in [6.45, 7) is 4.55. The van der Waals surface area contributed by atoms with E-state index < -0.39 is 10.0 Å². The Balaban J connectivity index is 1.62. The molecule has 1 aliphatic rings. The number of hydrazone groups is 1. The van der Waals surface area contributed by atoms with Crippen LogP contribution in [0.25, 0.3) is 0 Å². The van der Waals surface area contributed by atoms with Crippen molar-refractivity contribution >= 4 is 27.3 Å². The highest BCUT2D eigenvalue weighted by atomic mass is 32.2. The molecule has 0 saturated heterocycles. The first-order valence-electron chi connectivity index (χ1n) is 10.1. The normalized spacial score (nSPS) is 18.1. The summed E-state index contributed by atoms with van der Waals surface area (Å²) >= 11 is 0. The van der Waals surface area contributed by atoms with Crippen LogP contribution in [0.5, 0.6) is 5.75 Å². The van der Waals surface area contributed by atoms with E-state index in [1.807, 2.05) is 6.92 Å². The number of carbonyl (C=O) groups is 1. The number of rotatable bonds is 7. The van der Waals surface area contributed by atoms with E-state index in [4.69, 9.17) is 4.74 Å². The van der Waals surface area contributed by atoms with Gasteiger partial charge in [-0.15, -0.1) is 0 Å². The second kappa shape index (κ2) is 9.75. The van der Waals surface area contributed by atoms with Crippen LogP contribution in [-0.4, -0.2) is 26.6 Å². The number of nitrogens with zero attached hydrogens (tertiary/aromatic N) is 1. The van der Waals surface area contributed by atoms with Crippen molar-refractivity contribution in [1.82, 2.24) is 5.43 Å². The second-order valence-corrected chi connectivity index (χ2v) is 9.09. The topological polar surface area (TPSA) is 96.9 Å². The molecule has 1 fully saturated rings. The molecule has 3 rings (SSSR count). The molecular weight excluding hydrogens is 402 g/mol. The van der Waals surface area contributed by atoms with Gasteiger partial charge in [0.2, 0.25) is 0 Å². The van der Waals surface area contributed by atoms with Gasteiger partial charge in [0.25, 0.3) is 15.9 Å². The van der Waals surface area contributed by atoms with E-state index in [0.29, 0.717) is 29.5 Å². The third-order valence-corrected chi connectivity index (χ3v) is 6.30. The maximum absolute atomic E-state index is 12.5. The van der Waals surface area contributed by atoms with E-state index in [0.717, 1.165) is 25.0 Å². The zero-order valence-electron chi connectivity index (χ0n) is 17.2. The average molecular weight is 430 g/mol. The highest BCUT2D eigenvalue weighted by Crippen LogP contribution is 2.21. The van der Waals surface area contributed by atoms with Crippen LogP contribution in [-0.2, 0) is 10.0 Å². The first kappa shape index (κ1) is 21.8. The molecule has 7 nitrogen and oxygen atoms in total. The van der Waals surface area contributed by atoms with Gasteiger partial charge in [-0.3, -0.25) is 9.52 Å². The molecule has 2 aromatic rings. The maximum Gasteiger partial charge on any atom is 0.271 e. The predicted octanol–water partition coefficient (Wildman–Crippen LogP) is 4.18. The molecule has 30 heavy (non-hydrogen) atoms. The van der Waals surface area contributed by atoms with E-state index in [1.54, 1.807) is 36.4 Å². The maximum atomic E-state index is 12.5. The van der Waals surface area contributed by atoms with E-state index in [-0.39, 0.29) is 10.8 Å². The van der Waals surface area contributed by atoms with Gasteiger partial charge < -0.3 is 4.74 Å². The van der Waals surface area contributed by atoms with Gasteiger partial charge in [0.15, 0.2) is 0 Å². The van der Waals surface area contributed by atoms with Crippen LogP contribution in [0.4, 0.5) is 5.69 Å². The van der Waals surface area contributed by atoms with Crippen molar-refractivity contribution in [1.29, 1.82) is 0 Å². The standard InChI is InChI=1S/C22H27N3O4S/c1-3-29-20-11-13-21(14-12-20)30(27,28)25-18-9-7-17(8-10-18)22(26)24-23-19-6-4-5-16(2)15-19/h7-14,16,25H,3-6,15H2,1-2H3,(H,24,26)/b23-19+. The van der Waals surface area contributed by atoms with Crippen LogP contribution < -0.4 is 14.9 Å². The lowest BCUT2D eigenvalue weighted by Crippen LogP contribution is -2.22. The summed E-state index contributed by atoms with van der Waals surface area (Å²) in [4.78, 5) is 12.4. The van der Waals surface area contributed by atoms with Gasteiger partial charge >= 0.3 is 0 Å². The number of amides is 1. The highest BCUT2D eigenvalue weighted by Gasteiger charge is 2.16. The first-order valence-corrected chi connectivity index (χ1v) is 11.6. The van der Waals surface area contributed by atoms with Crippen LogP contribution in [0.1, 0.15) is 49.9 Å². The summed E-state index contributed by atoms with van der Waals surface area (Å²) in [7, 11) is -3.74. The minimum atomic E-state index is -3.74. The van der Waals surface area contributed by atoms with Crippen LogP contribution in [0.2, 0.25) is 0 Å². The number of carbonyl (C=O) groups excluding carboxylic acids is 1. The summed E-state index contributed by atoms with van der Waals surface area (Å²) in [5.41, 5.74) is 4.39. The number of ether oxygens (including phenoxy) is 1. The number of anilines is 1. The van der Waals surface area contributed by atoms with Gasteiger partial charge in [-0.05, 0) is 87.1 Å². The zero-order valence-corrected chi connectivity index (χ0v) is 18.0. The molecule has 1 unspecified atom stereocenters. The van der Waals surface area contributed by atoms with E-state index in [9.17, 15) is 13.2 Å². The van der Waals surface area contributed by atoms with E-state index in [2.05, 4.69) is 22.2 Å². The summed E-state index contributed by atoms with van der Waals surface area (Å²) in [6.07, 6.45) is 4.11. The molecule has 0 spiro atoms. The van der Waals surface area contributed by atoms with Gasteiger partial charge in [-0.2, -0.15) is 5.10 Å². The molecule has 0 bridgehead atoms. The Kier molecular flexibility index (Phi) is 7.10. The molecule has 2 aromatic carbocycles. The molecule has 1 saturated carbocycles. The molecule has 0 radical (unpaired) electrons. The van der Waals surface area contributed by atoms with Crippen molar-refractivity contribution < 1.29 is 17.9 Å². The Hall–Kier alpha value is -2.87. The molecule has 1 atom stereocenters. The van der Waals surface area contributed by atoms with Crippen molar-refractivity contribution in [2.24, 2.45) is 11.0 Å². The molecule has 2 N–H and O–H groups in total. The second-order valence-electron chi connectivity index (χ2n) is 7.41. The van der Waals surface area contributed by atoms with Crippen LogP contribution in [0.15, 0.2) is 58.5 Å². The third-order valence-electron chi connectivity index (χ3n) is 4.91. The van der Waals surface area contributed by atoms with Gasteiger partial charge in [0.05, 0.1) is 11.5 Å². The molecule has 8 heteroatoms. The molecular formula is C22H27N3O4S. The summed E-state index contributed by atoms with van der Waals surface area (Å²) in [6, 6.07) is 12.4. The molecule has 160 valence electrons. The number of sulfonamides is 1. The fraction of sp³-hybridized carbons (Fsp3) is 0.364. The van der Waals surface area contributed by atoms with E-state index in [1.165, 1.54) is 18.6 Å². The zero-order chi connectivity index (χ0) is 21.6. The minimum absolute atomic E-state index is 0.130. The minimum Gasteiger partial charge on any atom is -0.494 e. The van der Waals surface area contributed by atoms with Crippen molar-refractivity contribution in [3.63, 3.8) is 0 Å². The van der Waals surface area contributed by atoms with Gasteiger partial charge in [0.1, 0.15) is 5.75 Å². The van der Waals surface area contributed by atoms with Crippen LogP contribution >= 0.6 is 0 Å². The van der Waals surface area contributed by atoms with Crippen molar-refractivity contribution in [3.8, 4) is 5.75 Å². The molecule has 1 amide bonds. The Labute approximate surface area is 177 Å². The quantitative estimate of drug-likeness (QED) is 0.645. The Morgan fingerprint density at radius 3 is 2.47 bits per heavy atom. The van der Waals surface area contributed by atoms with Gasteiger partial charge in [0, 0.05) is 17.0 Å². The number of hydrogen-bond donors (Lipinski definition) is 2. The Bertz CT molecular complexity index is 1000. The van der Waals surface area contributed by atoms with Crippen LogP contribution in [0, 0.1) is 5.92 Å². The van der Waals surface area contributed by atoms with E-state index >= 15 is 0 Å². The van der Waals surface area contributed by atoms with Gasteiger partial charge in [-0.25, -0.2) is 13.8 Å². The number of benzene rings is 2. The number of nitrogens with one attached hydrogen (secondary N) is 2. The van der Waals surface area contributed by atoms with Crippen molar-refractivity contribution in [2.45, 2.75) is 44.4 Å². The SMILES string of the molecule is CCOc1ccc(S(=O)(=O)Nc2ccc(C(=O)N/N=C3\CCCC(C)C3)cc2)cc1. The number of hydrogen-bond acceptors (Lipinski definition) is 5. The first-order chi connectivity index (χ1) is 14.4. The average Bonchev–Trinajstić information content (AvgIpc) is 2.73. The summed E-state index contributed by atoms with van der Waals surface area (Å²) in [5.74, 6) is 0.886. The predicted molar refractivity (Wildman–Crippen MR) is 117 cm³/mol. The molecule has 0 aromatic heterocycles. The Morgan fingerprint density at radius 2 is 1.83 bits per heavy atom. The van der Waals surface area contributed by atoms with Crippen molar-refractivity contribution in [3.05, 3.63) is 54.1 Å². The lowest BCUT2D eigenvalue weighted by molar-refractivity contribution is 0.0954. The summed E-state index contributed by atoms with van der Waals surface area (Å²) < 4.78 is 32.9. The van der Waals surface area contributed by atoms with Crippen molar-refractivity contribution in [2.75, 3.05) is 11.3 Å². The molecule has 0 heterocycles. The summed E-state index contributed by atoms with van der Waals surface area (Å²) in [5, 5.41) is 4.25. The fourth-order valence-corrected chi connectivity index (χ4v) is 4.40. The van der Waals surface area contributed by atoms with Gasteiger partial charge in [-0.1, -0.05) is 6.92 Å². The third kappa shape index (κ3) is 5.82. The monoisotopic (exact) mass is 429 g/mol.